The summed E-state index contributed by atoms with van der Waals surface area (Å²) in [6.07, 6.45) is 1.98. The fraction of sp³-hybridized carbons (Fsp3) is 0.704. The SMILES string of the molecule is C.CC(C)CNC[C@@H](O)[C@H](Cc1ccccc1)NC(=O)[C@@H](NC(=O)CN1CCCC1)C(C)(C)C. The lowest BCUT2D eigenvalue weighted by atomic mass is 9.85. The van der Waals surface area contributed by atoms with E-state index in [1.165, 1.54) is 0 Å². The monoisotopic (exact) mass is 476 g/mol. The zero-order chi connectivity index (χ0) is 24.4. The molecule has 0 bridgehead atoms. The van der Waals surface area contributed by atoms with Crippen molar-refractivity contribution in [1.82, 2.24) is 20.9 Å². The summed E-state index contributed by atoms with van der Waals surface area (Å²) in [5.74, 6) is 0.0716. The zero-order valence-corrected chi connectivity index (χ0v) is 21.1. The number of aliphatic hydroxyl groups excluding tert-OH is 1. The number of carbonyl (C=O) groups excluding carboxylic acids is 2. The van der Waals surface area contributed by atoms with E-state index in [4.69, 9.17) is 0 Å². The second kappa shape index (κ2) is 14.4. The second-order valence-corrected chi connectivity index (χ2v) is 10.8. The quantitative estimate of drug-likeness (QED) is 0.372. The number of hydrogen-bond donors (Lipinski definition) is 4. The predicted molar refractivity (Wildman–Crippen MR) is 140 cm³/mol. The number of rotatable bonds is 12. The van der Waals surface area contributed by atoms with Crippen LogP contribution >= 0.6 is 0 Å². The van der Waals surface area contributed by atoms with Gasteiger partial charge in [-0.3, -0.25) is 14.5 Å². The third kappa shape index (κ3) is 10.5. The van der Waals surface area contributed by atoms with Crippen molar-refractivity contribution in [3.8, 4) is 0 Å². The second-order valence-electron chi connectivity index (χ2n) is 10.8. The first-order valence-electron chi connectivity index (χ1n) is 12.3. The summed E-state index contributed by atoms with van der Waals surface area (Å²) in [6.45, 7) is 13.4. The van der Waals surface area contributed by atoms with Gasteiger partial charge in [-0.05, 0) is 55.8 Å². The Bertz CT molecular complexity index is 727. The summed E-state index contributed by atoms with van der Waals surface area (Å²) >= 11 is 0. The summed E-state index contributed by atoms with van der Waals surface area (Å²) in [5, 5.41) is 20.2. The molecule has 2 rings (SSSR count). The molecule has 0 spiro atoms. The molecule has 1 fully saturated rings. The zero-order valence-electron chi connectivity index (χ0n) is 21.1. The van der Waals surface area contributed by atoms with E-state index in [-0.39, 0.29) is 19.2 Å². The standard InChI is InChI=1S/C26H44N4O3.CH4/c1-19(2)16-27-17-22(31)21(15-20-11-7-6-8-12-20)28-25(33)24(26(3,4)5)29-23(32)18-30-13-9-10-14-30;/h6-8,11-12,19,21-22,24,27,31H,9-10,13-18H2,1-5H3,(H,28,33)(H,29,32);1H4/t21-,22+,24+;/m0./s1. The largest absolute Gasteiger partial charge is 0.390 e. The molecule has 4 N–H and O–H groups in total. The van der Waals surface area contributed by atoms with Crippen molar-refractivity contribution in [1.29, 1.82) is 0 Å². The highest BCUT2D eigenvalue weighted by Gasteiger charge is 2.35. The number of aliphatic hydroxyl groups is 1. The van der Waals surface area contributed by atoms with Crippen LogP contribution in [0.3, 0.4) is 0 Å². The molecule has 0 aliphatic carbocycles. The van der Waals surface area contributed by atoms with Crippen LogP contribution in [-0.4, -0.2) is 72.7 Å². The molecule has 194 valence electrons. The summed E-state index contributed by atoms with van der Waals surface area (Å²) in [4.78, 5) is 28.2. The number of benzene rings is 1. The molecular weight excluding hydrogens is 428 g/mol. The Morgan fingerprint density at radius 1 is 1.03 bits per heavy atom. The first-order valence-corrected chi connectivity index (χ1v) is 12.3. The predicted octanol–water partition coefficient (Wildman–Crippen LogP) is 2.58. The minimum Gasteiger partial charge on any atom is -0.390 e. The Balaban J connectivity index is 0.00000578. The van der Waals surface area contributed by atoms with Crippen LogP contribution in [-0.2, 0) is 16.0 Å². The number of amides is 2. The maximum absolute atomic E-state index is 13.4. The van der Waals surface area contributed by atoms with Crippen molar-refractivity contribution in [3.05, 3.63) is 35.9 Å². The van der Waals surface area contributed by atoms with E-state index < -0.39 is 23.6 Å². The van der Waals surface area contributed by atoms with Crippen LogP contribution in [0.2, 0.25) is 0 Å². The van der Waals surface area contributed by atoms with Crippen molar-refractivity contribution < 1.29 is 14.7 Å². The van der Waals surface area contributed by atoms with Gasteiger partial charge in [0.25, 0.3) is 0 Å². The molecule has 7 heteroatoms. The highest BCUT2D eigenvalue weighted by Crippen LogP contribution is 2.20. The van der Waals surface area contributed by atoms with Crippen LogP contribution in [0.5, 0.6) is 0 Å². The van der Waals surface area contributed by atoms with Crippen LogP contribution in [0.4, 0.5) is 0 Å². The van der Waals surface area contributed by atoms with Gasteiger partial charge in [-0.15, -0.1) is 0 Å². The fourth-order valence-corrected chi connectivity index (χ4v) is 4.11. The Morgan fingerprint density at radius 2 is 1.65 bits per heavy atom. The summed E-state index contributed by atoms with van der Waals surface area (Å²) < 4.78 is 0. The van der Waals surface area contributed by atoms with Gasteiger partial charge in [0.1, 0.15) is 6.04 Å². The van der Waals surface area contributed by atoms with E-state index in [1.807, 2.05) is 51.1 Å². The van der Waals surface area contributed by atoms with Gasteiger partial charge < -0.3 is 21.1 Å². The minimum absolute atomic E-state index is 0. The highest BCUT2D eigenvalue weighted by molar-refractivity contribution is 5.89. The minimum atomic E-state index is -0.756. The van der Waals surface area contributed by atoms with Gasteiger partial charge in [-0.1, -0.05) is 72.4 Å². The van der Waals surface area contributed by atoms with Crippen molar-refractivity contribution in [3.63, 3.8) is 0 Å². The van der Waals surface area contributed by atoms with Crippen molar-refractivity contribution in [2.75, 3.05) is 32.7 Å². The summed E-state index contributed by atoms with van der Waals surface area (Å²) in [5.41, 5.74) is 0.569. The van der Waals surface area contributed by atoms with Crippen molar-refractivity contribution in [2.45, 2.75) is 79.5 Å². The number of hydrogen-bond acceptors (Lipinski definition) is 5. The van der Waals surface area contributed by atoms with Crippen molar-refractivity contribution >= 4 is 11.8 Å². The molecule has 0 unspecified atom stereocenters. The molecule has 0 aromatic heterocycles. The molecule has 0 saturated carbocycles. The average Bonchev–Trinajstić information content (AvgIpc) is 3.24. The first-order chi connectivity index (χ1) is 15.6. The van der Waals surface area contributed by atoms with Gasteiger partial charge in [0, 0.05) is 6.54 Å². The smallest absolute Gasteiger partial charge is 0.243 e. The van der Waals surface area contributed by atoms with E-state index >= 15 is 0 Å². The van der Waals surface area contributed by atoms with Gasteiger partial charge in [0.2, 0.25) is 11.8 Å². The van der Waals surface area contributed by atoms with Gasteiger partial charge in [0.15, 0.2) is 0 Å². The molecular formula is C27H48N4O3. The third-order valence-corrected chi connectivity index (χ3v) is 6.00. The lowest BCUT2D eigenvalue weighted by molar-refractivity contribution is -0.133. The van der Waals surface area contributed by atoms with Crippen LogP contribution in [0, 0.1) is 11.3 Å². The van der Waals surface area contributed by atoms with E-state index in [0.717, 1.165) is 38.0 Å². The van der Waals surface area contributed by atoms with E-state index in [9.17, 15) is 14.7 Å². The van der Waals surface area contributed by atoms with Gasteiger partial charge >= 0.3 is 0 Å². The molecule has 0 radical (unpaired) electrons. The normalized spacial score (nSPS) is 17.0. The third-order valence-electron chi connectivity index (χ3n) is 6.00. The number of nitrogens with zero attached hydrogens (tertiary/aromatic N) is 1. The van der Waals surface area contributed by atoms with E-state index in [0.29, 0.717) is 25.4 Å². The fourth-order valence-electron chi connectivity index (χ4n) is 4.11. The number of nitrogens with one attached hydrogen (secondary N) is 3. The molecule has 1 aromatic rings. The lowest BCUT2D eigenvalue weighted by Gasteiger charge is -2.33. The Kier molecular flexibility index (Phi) is 12.8. The topological polar surface area (TPSA) is 93.7 Å². The van der Waals surface area contributed by atoms with Crippen molar-refractivity contribution in [2.24, 2.45) is 11.3 Å². The van der Waals surface area contributed by atoms with Crippen LogP contribution in [0.25, 0.3) is 0 Å². The van der Waals surface area contributed by atoms with Gasteiger partial charge in [0.05, 0.1) is 18.7 Å². The van der Waals surface area contributed by atoms with Crippen LogP contribution < -0.4 is 16.0 Å². The maximum atomic E-state index is 13.4. The Morgan fingerprint density at radius 3 is 2.21 bits per heavy atom. The Hall–Kier alpha value is -1.96. The number of likely N-dealkylation sites (tertiary alicyclic amines) is 1. The molecule has 1 aliphatic heterocycles. The molecule has 7 nitrogen and oxygen atoms in total. The summed E-state index contributed by atoms with van der Waals surface area (Å²) in [6, 6.07) is 8.67. The molecule has 1 heterocycles. The molecule has 1 aliphatic rings. The molecule has 1 saturated heterocycles. The lowest BCUT2D eigenvalue weighted by Crippen LogP contribution is -2.59. The number of carbonyl (C=O) groups is 2. The highest BCUT2D eigenvalue weighted by atomic mass is 16.3. The van der Waals surface area contributed by atoms with Crippen LogP contribution in [0.1, 0.15) is 60.5 Å². The van der Waals surface area contributed by atoms with E-state index in [1.54, 1.807) is 0 Å². The molecule has 2 amide bonds. The first kappa shape index (κ1) is 30.1. The van der Waals surface area contributed by atoms with Gasteiger partial charge in [-0.25, -0.2) is 0 Å². The summed E-state index contributed by atoms with van der Waals surface area (Å²) in [7, 11) is 0. The Labute approximate surface area is 207 Å². The van der Waals surface area contributed by atoms with E-state index in [2.05, 4.69) is 34.7 Å². The van der Waals surface area contributed by atoms with Crippen LogP contribution in [0.15, 0.2) is 30.3 Å². The molecule has 1 aromatic carbocycles. The van der Waals surface area contributed by atoms with Gasteiger partial charge in [-0.2, -0.15) is 0 Å². The molecule has 3 atom stereocenters. The maximum Gasteiger partial charge on any atom is 0.243 e. The average molecular weight is 477 g/mol. The molecule has 34 heavy (non-hydrogen) atoms.